The molecular weight excluding hydrogens is 308 g/mol. The van der Waals surface area contributed by atoms with E-state index in [9.17, 15) is 14.4 Å². The zero-order valence-corrected chi connectivity index (χ0v) is 15.0. The van der Waals surface area contributed by atoms with Crippen molar-refractivity contribution in [3.8, 4) is 0 Å². The summed E-state index contributed by atoms with van der Waals surface area (Å²) in [6.45, 7) is 0. The number of carbonyl (C=O) groups excluding carboxylic acids is 3. The molecule has 0 radical (unpaired) electrons. The van der Waals surface area contributed by atoms with Crippen LogP contribution < -0.4 is 0 Å². The van der Waals surface area contributed by atoms with Crippen LogP contribution in [-0.2, 0) is 14.4 Å². The van der Waals surface area contributed by atoms with Crippen LogP contribution in [0.2, 0.25) is 0 Å². The Bertz CT molecular complexity index is 391. The molecule has 1 saturated carbocycles. The molecule has 2 aliphatic rings. The molecule has 0 aromatic carbocycles. The van der Waals surface area contributed by atoms with Gasteiger partial charge in [-0.2, -0.15) is 0 Å². The van der Waals surface area contributed by atoms with Crippen molar-refractivity contribution in [3.63, 3.8) is 0 Å². The average molecular weight is 339 g/mol. The predicted octanol–water partition coefficient (Wildman–Crippen LogP) is 4.72. The number of carbonyl (C=O) groups is 3. The van der Waals surface area contributed by atoms with Crippen molar-refractivity contribution in [3.05, 3.63) is 0 Å². The molecule has 1 aliphatic carbocycles. The average Bonchev–Trinajstić information content (AvgIpc) is 2.85. The van der Waals surface area contributed by atoms with E-state index in [-0.39, 0.29) is 22.4 Å². The molecule has 0 spiro atoms. The topological polar surface area (TPSA) is 51.2 Å². The number of Topliss-reactive ketones (excluding diaryl/α,β-unsaturated/α-hetero) is 2. The van der Waals surface area contributed by atoms with Gasteiger partial charge >= 0.3 is 0 Å². The zero-order valence-electron chi connectivity index (χ0n) is 14.2. The molecule has 1 saturated heterocycles. The zero-order chi connectivity index (χ0) is 16.5. The van der Waals surface area contributed by atoms with Crippen molar-refractivity contribution in [2.24, 2.45) is 11.8 Å². The Labute approximate surface area is 144 Å². The largest absolute Gasteiger partial charge is 0.298 e. The summed E-state index contributed by atoms with van der Waals surface area (Å²) in [5, 5.41) is -0.223. The van der Waals surface area contributed by atoms with Gasteiger partial charge in [-0.25, -0.2) is 0 Å². The van der Waals surface area contributed by atoms with Gasteiger partial charge in [0, 0.05) is 6.42 Å². The van der Waals surface area contributed by atoms with Gasteiger partial charge in [0.25, 0.3) is 0 Å². The molecule has 0 amide bonds. The first-order valence-corrected chi connectivity index (χ1v) is 10.4. The van der Waals surface area contributed by atoms with Crippen LogP contribution in [0.25, 0.3) is 0 Å². The van der Waals surface area contributed by atoms with Crippen LogP contribution in [0.15, 0.2) is 0 Å². The van der Waals surface area contributed by atoms with Gasteiger partial charge in [0.1, 0.15) is 5.92 Å². The van der Waals surface area contributed by atoms with Crippen molar-refractivity contribution in [2.75, 3.05) is 5.75 Å². The predicted molar refractivity (Wildman–Crippen MR) is 94.5 cm³/mol. The monoisotopic (exact) mass is 338 g/mol. The third-order valence-electron chi connectivity index (χ3n) is 5.26. The van der Waals surface area contributed by atoms with Crippen LogP contribution in [-0.4, -0.2) is 22.4 Å². The van der Waals surface area contributed by atoms with Crippen molar-refractivity contribution in [2.45, 2.75) is 83.5 Å². The molecule has 1 unspecified atom stereocenters. The highest BCUT2D eigenvalue weighted by Gasteiger charge is 2.39. The molecule has 130 valence electrons. The minimum absolute atomic E-state index is 0.129. The van der Waals surface area contributed by atoms with E-state index in [1.807, 2.05) is 0 Å². The highest BCUT2D eigenvalue weighted by atomic mass is 32.2. The normalized spacial score (nSPS) is 25.8. The Balaban J connectivity index is 1.77. The summed E-state index contributed by atoms with van der Waals surface area (Å²) in [7, 11) is 0. The molecule has 1 atom stereocenters. The Kier molecular flexibility index (Phi) is 8.35. The van der Waals surface area contributed by atoms with Crippen molar-refractivity contribution in [1.82, 2.24) is 0 Å². The Morgan fingerprint density at radius 2 is 1.39 bits per heavy atom. The SMILES string of the molecule is O=C(CCC1CCCCCCCCCCC1)C1C(=O)CSC1=O. The summed E-state index contributed by atoms with van der Waals surface area (Å²) >= 11 is 1.01. The first kappa shape index (κ1) is 18.7. The van der Waals surface area contributed by atoms with E-state index in [1.54, 1.807) is 0 Å². The van der Waals surface area contributed by atoms with E-state index < -0.39 is 5.92 Å². The summed E-state index contributed by atoms with van der Waals surface area (Å²) in [6, 6.07) is 0. The molecule has 0 aromatic heterocycles. The van der Waals surface area contributed by atoms with Crippen LogP contribution in [0.3, 0.4) is 0 Å². The lowest BCUT2D eigenvalue weighted by molar-refractivity contribution is -0.135. The number of hydrogen-bond donors (Lipinski definition) is 0. The molecule has 4 heteroatoms. The van der Waals surface area contributed by atoms with E-state index in [4.69, 9.17) is 0 Å². The van der Waals surface area contributed by atoms with Crippen LogP contribution in [0.5, 0.6) is 0 Å². The van der Waals surface area contributed by atoms with E-state index >= 15 is 0 Å². The quantitative estimate of drug-likeness (QED) is 0.696. The van der Waals surface area contributed by atoms with E-state index in [0.717, 1.165) is 18.2 Å². The van der Waals surface area contributed by atoms with Crippen LogP contribution in [0.1, 0.15) is 83.5 Å². The molecule has 1 heterocycles. The second-order valence-electron chi connectivity index (χ2n) is 7.14. The fourth-order valence-electron chi connectivity index (χ4n) is 3.78. The molecule has 2 fully saturated rings. The van der Waals surface area contributed by atoms with Gasteiger partial charge in [0.15, 0.2) is 11.6 Å². The van der Waals surface area contributed by atoms with Crippen molar-refractivity contribution in [1.29, 1.82) is 0 Å². The van der Waals surface area contributed by atoms with E-state index in [1.165, 1.54) is 70.6 Å². The maximum atomic E-state index is 12.2. The fourth-order valence-corrected chi connectivity index (χ4v) is 4.66. The van der Waals surface area contributed by atoms with E-state index in [0.29, 0.717) is 12.3 Å². The minimum atomic E-state index is -0.939. The first-order valence-electron chi connectivity index (χ1n) is 9.40. The minimum Gasteiger partial charge on any atom is -0.298 e. The third kappa shape index (κ3) is 6.40. The highest BCUT2D eigenvalue weighted by molar-refractivity contribution is 8.15. The Morgan fingerprint density at radius 1 is 0.870 bits per heavy atom. The molecule has 0 aromatic rings. The highest BCUT2D eigenvalue weighted by Crippen LogP contribution is 2.28. The lowest BCUT2D eigenvalue weighted by Crippen LogP contribution is -2.25. The summed E-state index contributed by atoms with van der Waals surface area (Å²) in [4.78, 5) is 35.6. The van der Waals surface area contributed by atoms with Gasteiger partial charge in [-0.05, 0) is 12.3 Å². The van der Waals surface area contributed by atoms with E-state index in [2.05, 4.69) is 0 Å². The van der Waals surface area contributed by atoms with Gasteiger partial charge < -0.3 is 0 Å². The molecule has 3 nitrogen and oxygen atoms in total. The summed E-state index contributed by atoms with van der Waals surface area (Å²) < 4.78 is 0. The first-order chi connectivity index (χ1) is 11.2. The summed E-state index contributed by atoms with van der Waals surface area (Å²) in [6.07, 6.45) is 15.6. The maximum absolute atomic E-state index is 12.2. The van der Waals surface area contributed by atoms with Gasteiger partial charge in [0.2, 0.25) is 5.12 Å². The number of ketones is 2. The van der Waals surface area contributed by atoms with Gasteiger partial charge in [-0.15, -0.1) is 0 Å². The van der Waals surface area contributed by atoms with Crippen molar-refractivity contribution < 1.29 is 14.4 Å². The molecule has 23 heavy (non-hydrogen) atoms. The number of rotatable bonds is 4. The molecule has 2 rings (SSSR count). The van der Waals surface area contributed by atoms with Gasteiger partial charge in [0.05, 0.1) is 5.75 Å². The molecule has 0 bridgehead atoms. The van der Waals surface area contributed by atoms with Gasteiger partial charge in [-0.3, -0.25) is 14.4 Å². The smallest absolute Gasteiger partial charge is 0.207 e. The van der Waals surface area contributed by atoms with Gasteiger partial charge in [-0.1, -0.05) is 82.4 Å². The lowest BCUT2D eigenvalue weighted by Gasteiger charge is -2.18. The summed E-state index contributed by atoms with van der Waals surface area (Å²) in [5.41, 5.74) is 0. The number of hydrogen-bond acceptors (Lipinski definition) is 4. The van der Waals surface area contributed by atoms with Crippen molar-refractivity contribution >= 4 is 28.4 Å². The molecule has 0 N–H and O–H groups in total. The maximum Gasteiger partial charge on any atom is 0.207 e. The van der Waals surface area contributed by atoms with Crippen LogP contribution >= 0.6 is 11.8 Å². The second-order valence-corrected chi connectivity index (χ2v) is 8.12. The fraction of sp³-hybridized carbons (Fsp3) is 0.842. The number of thioether (sulfide) groups is 1. The second kappa shape index (κ2) is 10.3. The van der Waals surface area contributed by atoms with Crippen LogP contribution in [0.4, 0.5) is 0 Å². The Hall–Kier alpha value is -0.640. The third-order valence-corrected chi connectivity index (χ3v) is 6.21. The lowest BCUT2D eigenvalue weighted by atomic mass is 9.87. The summed E-state index contributed by atoms with van der Waals surface area (Å²) in [5.74, 6) is -0.456. The molecular formula is C19H30O3S. The Morgan fingerprint density at radius 3 is 1.87 bits per heavy atom. The standard InChI is InChI=1S/C19H30O3S/c20-16(18-17(21)14-23-19(18)22)13-12-15-10-8-6-4-2-1-3-5-7-9-11-15/h15,18H,1-14H2. The van der Waals surface area contributed by atoms with Crippen LogP contribution in [0, 0.1) is 11.8 Å². The molecule has 1 aliphatic heterocycles.